The van der Waals surface area contributed by atoms with Crippen LogP contribution in [-0.4, -0.2) is 30.2 Å². The molecule has 0 saturated carbocycles. The Kier molecular flexibility index (Phi) is 5.87. The molecular formula is C14H19F2NO4S. The number of hydrogen-bond acceptors (Lipinski definition) is 5. The normalized spacial score (nSPS) is 13.4. The maximum atomic E-state index is 14.3. The number of halogens is 2. The van der Waals surface area contributed by atoms with Crippen molar-refractivity contribution in [1.82, 2.24) is 5.32 Å². The summed E-state index contributed by atoms with van der Waals surface area (Å²) in [5.74, 6) is -5.60. The molecule has 1 N–H and O–H groups in total. The standard InChI is InChI=1S/C14H19F2NO4S/c1-5-20-11(18)14(15,16)10(9-7-6-8-22-9)17-12(19)21-13(2,3)4/h6-8,10H,5H2,1-4H3,(H,17,19). The van der Waals surface area contributed by atoms with Gasteiger partial charge in [-0.05, 0) is 39.1 Å². The van der Waals surface area contributed by atoms with Gasteiger partial charge in [0, 0.05) is 4.88 Å². The highest BCUT2D eigenvalue weighted by atomic mass is 32.1. The van der Waals surface area contributed by atoms with Crippen molar-refractivity contribution in [1.29, 1.82) is 0 Å². The summed E-state index contributed by atoms with van der Waals surface area (Å²) in [6.07, 6.45) is -1.03. The Morgan fingerprint density at radius 1 is 1.36 bits per heavy atom. The topological polar surface area (TPSA) is 64.6 Å². The molecule has 124 valence electrons. The predicted molar refractivity (Wildman–Crippen MR) is 78.0 cm³/mol. The number of amides is 1. The highest BCUT2D eigenvalue weighted by Gasteiger charge is 2.51. The lowest BCUT2D eigenvalue weighted by atomic mass is 10.1. The summed E-state index contributed by atoms with van der Waals surface area (Å²) in [7, 11) is 0. The van der Waals surface area contributed by atoms with E-state index in [0.717, 1.165) is 11.3 Å². The van der Waals surface area contributed by atoms with Crippen LogP contribution in [0.4, 0.5) is 13.6 Å². The number of hydrogen-bond donors (Lipinski definition) is 1. The molecule has 0 saturated heterocycles. The molecular weight excluding hydrogens is 316 g/mol. The second-order valence-corrected chi connectivity index (χ2v) is 6.42. The lowest BCUT2D eigenvalue weighted by molar-refractivity contribution is -0.176. The number of rotatable bonds is 5. The van der Waals surface area contributed by atoms with Gasteiger partial charge in [0.15, 0.2) is 0 Å². The van der Waals surface area contributed by atoms with Crippen molar-refractivity contribution >= 4 is 23.4 Å². The number of carbonyl (C=O) groups excluding carboxylic acids is 2. The number of carbonyl (C=O) groups is 2. The van der Waals surface area contributed by atoms with Crippen molar-refractivity contribution in [2.24, 2.45) is 0 Å². The van der Waals surface area contributed by atoms with Gasteiger partial charge in [0.2, 0.25) is 0 Å². The van der Waals surface area contributed by atoms with Crippen molar-refractivity contribution in [2.45, 2.75) is 45.3 Å². The summed E-state index contributed by atoms with van der Waals surface area (Å²) in [4.78, 5) is 23.4. The number of nitrogens with one attached hydrogen (secondary N) is 1. The van der Waals surface area contributed by atoms with Crippen LogP contribution in [0.3, 0.4) is 0 Å². The zero-order chi connectivity index (χ0) is 17.0. The van der Waals surface area contributed by atoms with E-state index in [9.17, 15) is 18.4 Å². The van der Waals surface area contributed by atoms with Gasteiger partial charge in [0.1, 0.15) is 11.6 Å². The summed E-state index contributed by atoms with van der Waals surface area (Å²) in [6.45, 7) is 6.07. The van der Waals surface area contributed by atoms with Gasteiger partial charge in [0.25, 0.3) is 0 Å². The first-order valence-electron chi connectivity index (χ1n) is 6.66. The smallest absolute Gasteiger partial charge is 0.408 e. The maximum Gasteiger partial charge on any atom is 0.408 e. The molecule has 1 aromatic rings. The maximum absolute atomic E-state index is 14.3. The molecule has 0 aromatic carbocycles. The summed E-state index contributed by atoms with van der Waals surface area (Å²) in [6, 6.07) is 1.10. The highest BCUT2D eigenvalue weighted by molar-refractivity contribution is 7.10. The summed E-state index contributed by atoms with van der Waals surface area (Å²) >= 11 is 0.995. The minimum absolute atomic E-state index is 0.129. The molecule has 1 amide bonds. The van der Waals surface area contributed by atoms with Crippen LogP contribution in [0, 0.1) is 0 Å². The SMILES string of the molecule is CCOC(=O)C(F)(F)C(NC(=O)OC(C)(C)C)c1cccs1. The highest BCUT2D eigenvalue weighted by Crippen LogP contribution is 2.35. The van der Waals surface area contributed by atoms with Crippen LogP contribution < -0.4 is 5.32 Å². The van der Waals surface area contributed by atoms with Gasteiger partial charge in [-0.25, -0.2) is 9.59 Å². The van der Waals surface area contributed by atoms with Gasteiger partial charge in [-0.2, -0.15) is 8.78 Å². The van der Waals surface area contributed by atoms with Crippen LogP contribution in [-0.2, 0) is 14.3 Å². The minimum atomic E-state index is -3.90. The Morgan fingerprint density at radius 2 is 2.00 bits per heavy atom. The number of thiophene rings is 1. The van der Waals surface area contributed by atoms with Crippen molar-refractivity contribution < 1.29 is 27.8 Å². The van der Waals surface area contributed by atoms with E-state index in [2.05, 4.69) is 10.1 Å². The van der Waals surface area contributed by atoms with E-state index in [1.807, 2.05) is 0 Å². The fraction of sp³-hybridized carbons (Fsp3) is 0.571. The molecule has 5 nitrogen and oxygen atoms in total. The van der Waals surface area contributed by atoms with Gasteiger partial charge < -0.3 is 14.8 Å². The Hall–Kier alpha value is -1.70. The molecule has 8 heteroatoms. The largest absolute Gasteiger partial charge is 0.461 e. The van der Waals surface area contributed by atoms with Gasteiger partial charge in [-0.15, -0.1) is 11.3 Å². The molecule has 0 aliphatic carbocycles. The van der Waals surface area contributed by atoms with Crippen LogP contribution in [0.5, 0.6) is 0 Å². The summed E-state index contributed by atoms with van der Waals surface area (Å²) in [5, 5.41) is 3.62. The first-order valence-corrected chi connectivity index (χ1v) is 7.54. The van der Waals surface area contributed by atoms with Crippen LogP contribution in [0.1, 0.15) is 38.6 Å². The Labute approximate surface area is 131 Å². The molecule has 1 atom stereocenters. The third-order valence-electron chi connectivity index (χ3n) is 2.40. The zero-order valence-electron chi connectivity index (χ0n) is 12.8. The third kappa shape index (κ3) is 4.94. The second-order valence-electron chi connectivity index (χ2n) is 5.44. The lowest BCUT2D eigenvalue weighted by Gasteiger charge is -2.27. The van der Waals surface area contributed by atoms with E-state index < -0.39 is 29.6 Å². The van der Waals surface area contributed by atoms with Gasteiger partial charge in [-0.3, -0.25) is 0 Å². The summed E-state index contributed by atoms with van der Waals surface area (Å²) in [5.41, 5.74) is -0.844. The van der Waals surface area contributed by atoms with Crippen molar-refractivity contribution in [3.63, 3.8) is 0 Å². The molecule has 0 bridgehead atoms. The van der Waals surface area contributed by atoms with E-state index in [0.29, 0.717) is 0 Å². The quantitative estimate of drug-likeness (QED) is 0.836. The number of esters is 1. The minimum Gasteiger partial charge on any atom is -0.461 e. The third-order valence-corrected chi connectivity index (χ3v) is 3.34. The fourth-order valence-electron chi connectivity index (χ4n) is 1.57. The predicted octanol–water partition coefficient (Wildman–Crippen LogP) is 3.51. The van der Waals surface area contributed by atoms with E-state index >= 15 is 0 Å². The Bertz CT molecular complexity index is 511. The Balaban J connectivity index is 3.00. The van der Waals surface area contributed by atoms with Gasteiger partial charge in [0.05, 0.1) is 6.61 Å². The monoisotopic (exact) mass is 335 g/mol. The zero-order valence-corrected chi connectivity index (χ0v) is 13.6. The molecule has 0 aliphatic rings. The molecule has 1 heterocycles. The molecule has 0 radical (unpaired) electrons. The van der Waals surface area contributed by atoms with Crippen molar-refractivity contribution in [3.05, 3.63) is 22.4 Å². The average molecular weight is 335 g/mol. The van der Waals surface area contributed by atoms with E-state index in [4.69, 9.17) is 4.74 Å². The average Bonchev–Trinajstić information content (AvgIpc) is 2.87. The molecule has 0 aliphatic heterocycles. The van der Waals surface area contributed by atoms with Gasteiger partial charge >= 0.3 is 18.0 Å². The number of alkyl halides is 2. The fourth-order valence-corrected chi connectivity index (χ4v) is 2.38. The lowest BCUT2D eigenvalue weighted by Crippen LogP contribution is -2.47. The van der Waals surface area contributed by atoms with Crippen molar-refractivity contribution in [2.75, 3.05) is 6.61 Å². The molecule has 1 aromatic heterocycles. The van der Waals surface area contributed by atoms with E-state index in [1.54, 1.807) is 32.2 Å². The second kappa shape index (κ2) is 7.04. The van der Waals surface area contributed by atoms with Crippen LogP contribution in [0.15, 0.2) is 17.5 Å². The van der Waals surface area contributed by atoms with Crippen LogP contribution in [0.25, 0.3) is 0 Å². The molecule has 1 rings (SSSR count). The molecule has 1 unspecified atom stereocenters. The summed E-state index contributed by atoms with van der Waals surface area (Å²) < 4.78 is 37.9. The first-order chi connectivity index (χ1) is 10.1. The number of ether oxygens (including phenoxy) is 2. The van der Waals surface area contributed by atoms with E-state index in [-0.39, 0.29) is 11.5 Å². The molecule has 0 spiro atoms. The van der Waals surface area contributed by atoms with Crippen LogP contribution in [0.2, 0.25) is 0 Å². The number of alkyl carbamates (subject to hydrolysis) is 1. The Morgan fingerprint density at radius 3 is 2.45 bits per heavy atom. The van der Waals surface area contributed by atoms with Gasteiger partial charge in [-0.1, -0.05) is 6.07 Å². The molecule has 0 fully saturated rings. The van der Waals surface area contributed by atoms with Crippen molar-refractivity contribution in [3.8, 4) is 0 Å². The van der Waals surface area contributed by atoms with E-state index in [1.165, 1.54) is 13.0 Å². The molecule has 22 heavy (non-hydrogen) atoms. The van der Waals surface area contributed by atoms with Crippen LogP contribution >= 0.6 is 11.3 Å². The first kappa shape index (κ1) is 18.3.